The normalized spacial score (nSPS) is 12.6. The van der Waals surface area contributed by atoms with Gasteiger partial charge < -0.3 is 25.4 Å². The van der Waals surface area contributed by atoms with Crippen LogP contribution in [0.3, 0.4) is 0 Å². The molecule has 3 aromatic carbocycles. The maximum atomic E-state index is 14.6. The van der Waals surface area contributed by atoms with Crippen LogP contribution in [0, 0.1) is 13.8 Å². The lowest BCUT2D eigenvalue weighted by Crippen LogP contribution is -2.53. The largest absolute Gasteiger partial charge is 0.508 e. The summed E-state index contributed by atoms with van der Waals surface area (Å²) in [7, 11) is 0. The van der Waals surface area contributed by atoms with Gasteiger partial charge >= 0.3 is 6.09 Å². The molecule has 3 amide bonds. The summed E-state index contributed by atoms with van der Waals surface area (Å²) in [6.07, 6.45) is 3.02. The molecule has 0 aromatic heterocycles. The fourth-order valence-electron chi connectivity index (χ4n) is 4.93. The SMILES string of the molecule is CCCCCCN(C(=O)C(Cc1ccc(O)cc1)NC(=O)OC(C)(C)C)C(C(=O)Nc1ccccc1C)c1ccc(C)cc1. The van der Waals surface area contributed by atoms with Crippen LogP contribution in [0.15, 0.2) is 72.8 Å². The third-order valence-corrected chi connectivity index (χ3v) is 7.26. The minimum atomic E-state index is -1.03. The summed E-state index contributed by atoms with van der Waals surface area (Å²) in [5, 5.41) is 15.7. The van der Waals surface area contributed by atoms with Crippen molar-refractivity contribution < 1.29 is 24.2 Å². The topological polar surface area (TPSA) is 108 Å². The molecule has 0 fully saturated rings. The lowest BCUT2D eigenvalue weighted by atomic mass is 9.98. The van der Waals surface area contributed by atoms with Gasteiger partial charge in [0.15, 0.2) is 0 Å². The molecule has 8 heteroatoms. The second-order valence-electron chi connectivity index (χ2n) is 12.3. The minimum absolute atomic E-state index is 0.0987. The smallest absolute Gasteiger partial charge is 0.408 e. The molecule has 3 rings (SSSR count). The lowest BCUT2D eigenvalue weighted by Gasteiger charge is -2.35. The van der Waals surface area contributed by atoms with Crippen LogP contribution in [0.5, 0.6) is 5.75 Å². The number of aryl methyl sites for hydroxylation is 2. The summed E-state index contributed by atoms with van der Waals surface area (Å²) < 4.78 is 5.53. The minimum Gasteiger partial charge on any atom is -0.508 e. The number of amides is 3. The zero-order valence-electron chi connectivity index (χ0n) is 26.9. The summed E-state index contributed by atoms with van der Waals surface area (Å²) >= 11 is 0. The lowest BCUT2D eigenvalue weighted by molar-refractivity contribution is -0.140. The number of phenols is 1. The van der Waals surface area contributed by atoms with Crippen molar-refractivity contribution in [1.29, 1.82) is 0 Å². The van der Waals surface area contributed by atoms with Gasteiger partial charge in [-0.2, -0.15) is 0 Å². The Balaban J connectivity index is 2.07. The first-order valence-electron chi connectivity index (χ1n) is 15.4. The molecule has 0 spiro atoms. The van der Waals surface area contributed by atoms with Crippen molar-refractivity contribution in [2.75, 3.05) is 11.9 Å². The monoisotopic (exact) mass is 601 g/mol. The van der Waals surface area contributed by atoms with Crippen molar-refractivity contribution in [1.82, 2.24) is 10.2 Å². The number of phenolic OH excluding ortho intramolecular Hbond substituents is 1. The quantitative estimate of drug-likeness (QED) is 0.179. The molecule has 8 nitrogen and oxygen atoms in total. The predicted molar refractivity (Wildman–Crippen MR) is 175 cm³/mol. The van der Waals surface area contributed by atoms with E-state index < -0.39 is 29.7 Å². The van der Waals surface area contributed by atoms with Crippen molar-refractivity contribution in [2.45, 2.75) is 91.3 Å². The number of hydrogen-bond donors (Lipinski definition) is 3. The van der Waals surface area contributed by atoms with Crippen LogP contribution >= 0.6 is 0 Å². The van der Waals surface area contributed by atoms with Gasteiger partial charge in [-0.3, -0.25) is 9.59 Å². The second-order valence-corrected chi connectivity index (χ2v) is 12.3. The zero-order valence-corrected chi connectivity index (χ0v) is 26.9. The number of nitrogens with one attached hydrogen (secondary N) is 2. The average Bonchev–Trinajstić information content (AvgIpc) is 2.96. The number of hydrogen-bond acceptors (Lipinski definition) is 5. The highest BCUT2D eigenvalue weighted by atomic mass is 16.6. The zero-order chi connectivity index (χ0) is 32.3. The number of unbranched alkanes of at least 4 members (excludes halogenated alkanes) is 3. The highest BCUT2D eigenvalue weighted by Crippen LogP contribution is 2.27. The van der Waals surface area contributed by atoms with Crippen LogP contribution in [-0.4, -0.2) is 46.1 Å². The number of rotatable bonds is 13. The van der Waals surface area contributed by atoms with Crippen LogP contribution in [0.2, 0.25) is 0 Å². The van der Waals surface area contributed by atoms with Crippen molar-refractivity contribution in [3.63, 3.8) is 0 Å². The molecule has 0 aliphatic carbocycles. The van der Waals surface area contributed by atoms with Gasteiger partial charge in [0, 0.05) is 18.7 Å². The molecule has 0 bridgehead atoms. The Bertz CT molecular complexity index is 1380. The number of benzene rings is 3. The Kier molecular flexibility index (Phi) is 12.4. The number of carbonyl (C=O) groups is 3. The molecule has 2 unspecified atom stereocenters. The van der Waals surface area contributed by atoms with E-state index in [1.165, 1.54) is 12.1 Å². The van der Waals surface area contributed by atoms with E-state index in [-0.39, 0.29) is 18.1 Å². The summed E-state index contributed by atoms with van der Waals surface area (Å²) in [5.74, 6) is -0.639. The van der Waals surface area contributed by atoms with Crippen molar-refractivity contribution in [3.05, 3.63) is 95.1 Å². The summed E-state index contributed by atoms with van der Waals surface area (Å²) in [6.45, 7) is 11.6. The summed E-state index contributed by atoms with van der Waals surface area (Å²) in [4.78, 5) is 43.4. The number of aromatic hydroxyl groups is 1. The van der Waals surface area contributed by atoms with Gasteiger partial charge in [0.25, 0.3) is 5.91 Å². The molecule has 0 saturated carbocycles. The fourth-order valence-corrected chi connectivity index (χ4v) is 4.93. The number of alkyl carbamates (subject to hydrolysis) is 1. The number of anilines is 1. The van der Waals surface area contributed by atoms with Crippen molar-refractivity contribution in [2.24, 2.45) is 0 Å². The highest BCUT2D eigenvalue weighted by molar-refractivity contribution is 5.99. The molecule has 0 aliphatic heterocycles. The van der Waals surface area contributed by atoms with Crippen molar-refractivity contribution in [3.8, 4) is 5.75 Å². The molecule has 236 valence electrons. The molecule has 44 heavy (non-hydrogen) atoms. The van der Waals surface area contributed by atoms with Crippen molar-refractivity contribution >= 4 is 23.6 Å². The molecule has 2 atom stereocenters. The van der Waals surface area contributed by atoms with Gasteiger partial charge in [0.05, 0.1) is 0 Å². The Labute approximate surface area is 261 Å². The third kappa shape index (κ3) is 10.4. The van der Waals surface area contributed by atoms with Crippen LogP contribution in [-0.2, 0) is 20.7 Å². The Hall–Kier alpha value is -4.33. The molecule has 3 N–H and O–H groups in total. The first-order chi connectivity index (χ1) is 20.9. The number of para-hydroxylation sites is 1. The maximum absolute atomic E-state index is 14.6. The summed E-state index contributed by atoms with van der Waals surface area (Å²) in [5.41, 5.74) is 3.24. The van der Waals surface area contributed by atoms with Crippen LogP contribution in [0.1, 0.15) is 81.7 Å². The predicted octanol–water partition coefficient (Wildman–Crippen LogP) is 7.23. The maximum Gasteiger partial charge on any atom is 0.408 e. The van der Waals surface area contributed by atoms with E-state index in [4.69, 9.17) is 4.74 Å². The molecule has 0 saturated heterocycles. The number of carbonyl (C=O) groups excluding carboxylic acids is 3. The van der Waals surface area contributed by atoms with E-state index in [2.05, 4.69) is 17.6 Å². The molecule has 0 radical (unpaired) electrons. The first-order valence-corrected chi connectivity index (χ1v) is 15.4. The number of ether oxygens (including phenoxy) is 1. The van der Waals surface area contributed by atoms with E-state index >= 15 is 0 Å². The van der Waals surface area contributed by atoms with Gasteiger partial charge in [-0.1, -0.05) is 86.3 Å². The van der Waals surface area contributed by atoms with Crippen LogP contribution < -0.4 is 10.6 Å². The van der Waals surface area contributed by atoms with Gasteiger partial charge in [-0.25, -0.2) is 4.79 Å². The molecule has 0 heterocycles. The van der Waals surface area contributed by atoms with Gasteiger partial charge in [0.1, 0.15) is 23.4 Å². The van der Waals surface area contributed by atoms with Gasteiger partial charge in [0.2, 0.25) is 5.91 Å². The van der Waals surface area contributed by atoms with Crippen LogP contribution in [0.25, 0.3) is 0 Å². The Morgan fingerprint density at radius 3 is 2.16 bits per heavy atom. The van der Waals surface area contributed by atoms with E-state index in [9.17, 15) is 19.5 Å². The summed E-state index contributed by atoms with van der Waals surface area (Å²) in [6, 6.07) is 19.6. The Morgan fingerprint density at radius 2 is 1.55 bits per heavy atom. The van der Waals surface area contributed by atoms with E-state index in [1.54, 1.807) is 37.8 Å². The third-order valence-electron chi connectivity index (χ3n) is 7.26. The second kappa shape index (κ2) is 15.9. The van der Waals surface area contributed by atoms with Crippen LogP contribution in [0.4, 0.5) is 10.5 Å². The highest BCUT2D eigenvalue weighted by Gasteiger charge is 2.36. The van der Waals surface area contributed by atoms with E-state index in [1.807, 2.05) is 62.4 Å². The molecule has 0 aliphatic rings. The van der Waals surface area contributed by atoms with Gasteiger partial charge in [-0.05, 0) is 75.9 Å². The molecular formula is C36H47N3O5. The molecular weight excluding hydrogens is 554 g/mol. The Morgan fingerprint density at radius 1 is 0.886 bits per heavy atom. The van der Waals surface area contributed by atoms with E-state index in [0.717, 1.165) is 36.0 Å². The average molecular weight is 602 g/mol. The number of nitrogens with zero attached hydrogens (tertiary/aromatic N) is 1. The fraction of sp³-hybridized carbons (Fsp3) is 0.417. The van der Waals surface area contributed by atoms with Gasteiger partial charge in [-0.15, -0.1) is 0 Å². The van der Waals surface area contributed by atoms with E-state index in [0.29, 0.717) is 24.2 Å². The standard InChI is InChI=1S/C36H47N3O5/c1-7-8-9-12-23-39(32(28-19-15-25(2)16-20-28)33(41)37-30-14-11-10-13-26(30)3)34(42)31(38-35(43)44-36(4,5)6)24-27-17-21-29(40)22-18-27/h10-11,13-22,31-32,40H,7-9,12,23-24H2,1-6H3,(H,37,41)(H,38,43). The first kappa shape index (κ1) is 34.2. The molecule has 3 aromatic rings.